The molecular formula is C43H50FN5O3. The summed E-state index contributed by atoms with van der Waals surface area (Å²) in [5, 5.41) is 3.18. The number of aliphatic imine (C=N–C) groups is 2. The number of nitrogens with one attached hydrogen (secondary N) is 1. The van der Waals surface area contributed by atoms with Crippen LogP contribution in [-0.2, 0) is 20.9 Å². The molecule has 2 aliphatic rings. The molecule has 1 saturated heterocycles. The fourth-order valence-electron chi connectivity index (χ4n) is 6.96. The molecule has 9 heteroatoms. The number of nitrogens with zero attached hydrogens (tertiary/aromatic N) is 4. The second kappa shape index (κ2) is 17.5. The minimum absolute atomic E-state index is 0.0522. The maximum absolute atomic E-state index is 14.4. The first-order valence-corrected chi connectivity index (χ1v) is 17.9. The molecule has 3 aromatic rings. The Kier molecular flexibility index (Phi) is 12.9. The zero-order chi connectivity index (χ0) is 37.3. The van der Waals surface area contributed by atoms with E-state index in [0.29, 0.717) is 61.7 Å². The third-order valence-electron chi connectivity index (χ3n) is 10.2. The van der Waals surface area contributed by atoms with Gasteiger partial charge in [0.05, 0.1) is 30.0 Å². The van der Waals surface area contributed by atoms with Crippen LogP contribution in [0.5, 0.6) is 0 Å². The lowest BCUT2D eigenvalue weighted by Crippen LogP contribution is -2.43. The van der Waals surface area contributed by atoms with E-state index in [0.717, 1.165) is 34.2 Å². The molecule has 52 heavy (non-hydrogen) atoms. The highest BCUT2D eigenvalue weighted by molar-refractivity contribution is 6.14. The molecule has 2 heterocycles. The number of aryl methyl sites for hydroxylation is 1. The molecule has 272 valence electrons. The number of carbonyl (C=O) groups is 2. The van der Waals surface area contributed by atoms with E-state index in [1.807, 2.05) is 68.2 Å². The average molecular weight is 704 g/mol. The summed E-state index contributed by atoms with van der Waals surface area (Å²) in [7, 11) is 3.24. The maximum atomic E-state index is 14.4. The first-order chi connectivity index (χ1) is 25.1. The van der Waals surface area contributed by atoms with Gasteiger partial charge in [-0.3, -0.25) is 24.5 Å². The van der Waals surface area contributed by atoms with Crippen molar-refractivity contribution in [2.75, 3.05) is 52.2 Å². The number of benzene rings is 3. The van der Waals surface area contributed by atoms with E-state index < -0.39 is 5.41 Å². The summed E-state index contributed by atoms with van der Waals surface area (Å²) in [4.78, 5) is 40.3. The molecular weight excluding hydrogens is 654 g/mol. The fraction of sp³-hybridized carbons (Fsp3) is 0.349. The van der Waals surface area contributed by atoms with Crippen molar-refractivity contribution in [3.8, 4) is 0 Å². The number of carbonyl (C=O) groups excluding carboxylic acids is 2. The van der Waals surface area contributed by atoms with E-state index in [-0.39, 0.29) is 30.8 Å². The van der Waals surface area contributed by atoms with Crippen molar-refractivity contribution in [2.45, 2.75) is 46.6 Å². The predicted octanol–water partition coefficient (Wildman–Crippen LogP) is 7.72. The molecule has 0 radical (unpaired) electrons. The topological polar surface area (TPSA) is 86.6 Å². The highest BCUT2D eigenvalue weighted by Crippen LogP contribution is 2.36. The van der Waals surface area contributed by atoms with Crippen LogP contribution in [0.15, 0.2) is 95.5 Å². The number of anilines is 1. The maximum Gasteiger partial charge on any atom is 0.237 e. The monoisotopic (exact) mass is 703 g/mol. The summed E-state index contributed by atoms with van der Waals surface area (Å²) in [6, 6.07) is 18.9. The number of methoxy groups -OCH3 is 1. The van der Waals surface area contributed by atoms with Crippen molar-refractivity contribution in [3.63, 3.8) is 0 Å². The smallest absolute Gasteiger partial charge is 0.237 e. The van der Waals surface area contributed by atoms with Crippen LogP contribution in [0.4, 0.5) is 10.1 Å². The summed E-state index contributed by atoms with van der Waals surface area (Å²) in [6.07, 6.45) is 9.79. The van der Waals surface area contributed by atoms with E-state index in [2.05, 4.69) is 45.0 Å². The van der Waals surface area contributed by atoms with E-state index in [4.69, 9.17) is 4.74 Å². The first kappa shape index (κ1) is 38.2. The molecule has 2 aliphatic heterocycles. The lowest BCUT2D eigenvalue weighted by Gasteiger charge is -2.30. The van der Waals surface area contributed by atoms with Crippen molar-refractivity contribution in [3.05, 3.63) is 125 Å². The first-order valence-electron chi connectivity index (χ1n) is 17.9. The number of amides is 2. The van der Waals surface area contributed by atoms with E-state index in [9.17, 15) is 14.0 Å². The third-order valence-corrected chi connectivity index (χ3v) is 10.2. The van der Waals surface area contributed by atoms with Gasteiger partial charge in [0.1, 0.15) is 5.82 Å². The summed E-state index contributed by atoms with van der Waals surface area (Å²) in [5.41, 5.74) is 7.88. The Labute approximate surface area is 307 Å². The number of allylic oxidation sites excluding steroid dienone is 2. The molecule has 0 bridgehead atoms. The zero-order valence-corrected chi connectivity index (χ0v) is 31.0. The largest absolute Gasteiger partial charge is 0.380 e. The van der Waals surface area contributed by atoms with Gasteiger partial charge in [-0.15, -0.1) is 0 Å². The number of rotatable bonds is 13. The van der Waals surface area contributed by atoms with E-state index >= 15 is 0 Å². The van der Waals surface area contributed by atoms with Crippen LogP contribution >= 0.6 is 0 Å². The molecule has 8 nitrogen and oxygen atoms in total. The van der Waals surface area contributed by atoms with Crippen LogP contribution in [0.2, 0.25) is 0 Å². The lowest BCUT2D eigenvalue weighted by atomic mass is 9.83. The molecule has 0 saturated carbocycles. The highest BCUT2D eigenvalue weighted by atomic mass is 19.1. The standard InChI is InChI=1S/C43H50FN5O3/c1-7-9-21-46-31(4)32-11-13-33(14-12-32)34-18-22-49(23-19-34)40(50)27-48-24-20-43(8-2,29-48)42(51)47-37-16-10-30(3)38(26-37)41(45-5)35-15-17-39(44)36(25-35)28-52-6/h7,9-18,21,25-26H,4,8,19-20,22-24,27-29H2,1-3,5-6H3,(H,47,51)/b9-7-,45-41?,46-21?/t43-/m1/s1. The van der Waals surface area contributed by atoms with Gasteiger partial charge in [0.25, 0.3) is 0 Å². The van der Waals surface area contributed by atoms with Gasteiger partial charge in [0, 0.05) is 62.4 Å². The highest BCUT2D eigenvalue weighted by Gasteiger charge is 2.43. The Morgan fingerprint density at radius 1 is 1.08 bits per heavy atom. The Morgan fingerprint density at radius 3 is 2.52 bits per heavy atom. The number of likely N-dealkylation sites (tertiary alicyclic amines) is 1. The van der Waals surface area contributed by atoms with Crippen molar-refractivity contribution in [2.24, 2.45) is 15.4 Å². The normalized spacial score (nSPS) is 18.3. The number of ether oxygens (including phenoxy) is 1. The SMILES string of the molecule is C=C(N=C/C=C\C)c1ccc(C2=CCN(C(=O)CN3CC[C@@](CC)(C(=O)Nc4ccc(C)c(C(=NC)c5ccc(F)c(COC)c5)c4)C3)CC2)cc1. The zero-order valence-electron chi connectivity index (χ0n) is 31.0. The molecule has 1 N–H and O–H groups in total. The predicted molar refractivity (Wildman–Crippen MR) is 210 cm³/mol. The summed E-state index contributed by atoms with van der Waals surface area (Å²) >= 11 is 0. The van der Waals surface area contributed by atoms with Crippen molar-refractivity contribution in [1.29, 1.82) is 0 Å². The number of halogens is 1. The molecule has 3 aromatic carbocycles. The van der Waals surface area contributed by atoms with Gasteiger partial charge >= 0.3 is 0 Å². The van der Waals surface area contributed by atoms with Gasteiger partial charge in [-0.25, -0.2) is 4.39 Å². The molecule has 0 unspecified atom stereocenters. The van der Waals surface area contributed by atoms with E-state index in [1.165, 1.54) is 18.7 Å². The van der Waals surface area contributed by atoms with Gasteiger partial charge in [0.15, 0.2) is 0 Å². The van der Waals surface area contributed by atoms with Gasteiger partial charge in [-0.05, 0) is 98.3 Å². The second-order valence-corrected chi connectivity index (χ2v) is 13.5. The molecule has 0 aromatic heterocycles. The summed E-state index contributed by atoms with van der Waals surface area (Å²) in [6.45, 7) is 12.9. The molecule has 1 fully saturated rings. The van der Waals surface area contributed by atoms with E-state index in [1.54, 1.807) is 25.4 Å². The minimum Gasteiger partial charge on any atom is -0.380 e. The van der Waals surface area contributed by atoms with Gasteiger partial charge in [-0.1, -0.05) is 56.0 Å². The Morgan fingerprint density at radius 2 is 1.85 bits per heavy atom. The molecule has 2 amide bonds. The van der Waals surface area contributed by atoms with Crippen LogP contribution in [0.25, 0.3) is 11.3 Å². The van der Waals surface area contributed by atoms with Gasteiger partial charge in [-0.2, -0.15) is 0 Å². The molecule has 0 spiro atoms. The summed E-state index contributed by atoms with van der Waals surface area (Å²) < 4.78 is 19.5. The number of hydrogen-bond acceptors (Lipinski definition) is 6. The molecule has 5 rings (SSSR count). The Bertz CT molecular complexity index is 1910. The second-order valence-electron chi connectivity index (χ2n) is 13.5. The lowest BCUT2D eigenvalue weighted by molar-refractivity contribution is -0.132. The number of hydrogen-bond donors (Lipinski definition) is 1. The van der Waals surface area contributed by atoms with Crippen LogP contribution in [0, 0.1) is 18.2 Å². The van der Waals surface area contributed by atoms with Gasteiger partial charge in [0.2, 0.25) is 11.8 Å². The average Bonchev–Trinajstić information content (AvgIpc) is 3.58. The fourth-order valence-corrected chi connectivity index (χ4v) is 6.96. The summed E-state index contributed by atoms with van der Waals surface area (Å²) in [5.74, 6) is -0.300. The third kappa shape index (κ3) is 8.89. The minimum atomic E-state index is -0.608. The Balaban J connectivity index is 1.19. The van der Waals surface area contributed by atoms with Crippen LogP contribution < -0.4 is 5.32 Å². The van der Waals surface area contributed by atoms with Gasteiger partial charge < -0.3 is 15.0 Å². The van der Waals surface area contributed by atoms with Crippen molar-refractivity contribution >= 4 is 40.7 Å². The van der Waals surface area contributed by atoms with Crippen molar-refractivity contribution in [1.82, 2.24) is 9.80 Å². The molecule has 0 aliphatic carbocycles. The van der Waals surface area contributed by atoms with Crippen LogP contribution in [0.1, 0.15) is 66.5 Å². The van der Waals surface area contributed by atoms with Crippen LogP contribution in [0.3, 0.4) is 0 Å². The Hall–Kier alpha value is -4.99. The van der Waals surface area contributed by atoms with Crippen molar-refractivity contribution < 1.29 is 18.7 Å². The quantitative estimate of drug-likeness (QED) is 0.185. The van der Waals surface area contributed by atoms with Crippen LogP contribution in [-0.4, -0.2) is 80.4 Å². The molecule has 1 atom stereocenters.